The third-order valence-electron chi connectivity index (χ3n) is 3.55. The Kier molecular flexibility index (Phi) is 4.10. The number of ether oxygens (including phenoxy) is 2. The highest BCUT2D eigenvalue weighted by Gasteiger charge is 2.12. The Balaban J connectivity index is 2.07. The second-order valence-corrected chi connectivity index (χ2v) is 4.90. The first kappa shape index (κ1) is 14.8. The number of hydrogen-bond donors (Lipinski definition) is 1. The molecule has 3 rings (SSSR count). The van der Waals surface area contributed by atoms with Gasteiger partial charge in [-0.3, -0.25) is 4.98 Å². The molecule has 3 aromatic rings. The number of rotatable bonds is 4. The quantitative estimate of drug-likeness (QED) is 0.743. The highest BCUT2D eigenvalue weighted by Crippen LogP contribution is 2.29. The average molecular weight is 308 g/mol. The molecule has 0 spiro atoms. The smallest absolute Gasteiger partial charge is 0.339 e. The molecule has 0 saturated heterocycles. The van der Waals surface area contributed by atoms with Gasteiger partial charge in [-0.15, -0.1) is 0 Å². The van der Waals surface area contributed by atoms with Gasteiger partial charge >= 0.3 is 5.97 Å². The van der Waals surface area contributed by atoms with Crippen LogP contribution >= 0.6 is 0 Å². The molecular formula is C18H16N2O3. The highest BCUT2D eigenvalue weighted by atomic mass is 16.5. The van der Waals surface area contributed by atoms with Gasteiger partial charge in [0.25, 0.3) is 0 Å². The van der Waals surface area contributed by atoms with Crippen LogP contribution in [0.3, 0.4) is 0 Å². The fraction of sp³-hybridized carbons (Fsp3) is 0.111. The number of pyridine rings is 1. The van der Waals surface area contributed by atoms with E-state index in [1.54, 1.807) is 25.4 Å². The molecule has 0 unspecified atom stereocenters. The molecule has 116 valence electrons. The SMILES string of the molecule is COC(=O)c1ccccc1Nc1ccnc2ccc(OC)cc12. The van der Waals surface area contributed by atoms with Crippen LogP contribution in [0.5, 0.6) is 5.75 Å². The van der Waals surface area contributed by atoms with Gasteiger partial charge in [-0.1, -0.05) is 12.1 Å². The van der Waals surface area contributed by atoms with Crippen molar-refractivity contribution < 1.29 is 14.3 Å². The number of fused-ring (bicyclic) bond motifs is 1. The molecule has 0 aliphatic heterocycles. The minimum absolute atomic E-state index is 0.385. The molecule has 0 saturated carbocycles. The van der Waals surface area contributed by atoms with E-state index in [-0.39, 0.29) is 5.97 Å². The van der Waals surface area contributed by atoms with Gasteiger partial charge in [0.2, 0.25) is 0 Å². The second-order valence-electron chi connectivity index (χ2n) is 4.90. The van der Waals surface area contributed by atoms with Crippen LogP contribution in [0.15, 0.2) is 54.7 Å². The normalized spacial score (nSPS) is 10.3. The summed E-state index contributed by atoms with van der Waals surface area (Å²) in [5, 5.41) is 4.19. The molecule has 1 aromatic heterocycles. The number of hydrogen-bond acceptors (Lipinski definition) is 5. The Hall–Kier alpha value is -3.08. The maximum atomic E-state index is 11.9. The summed E-state index contributed by atoms with van der Waals surface area (Å²) in [6.45, 7) is 0. The van der Waals surface area contributed by atoms with Crippen LogP contribution in [-0.2, 0) is 4.74 Å². The zero-order valence-electron chi connectivity index (χ0n) is 12.9. The molecule has 0 fully saturated rings. The molecule has 23 heavy (non-hydrogen) atoms. The molecule has 0 atom stereocenters. The molecule has 1 N–H and O–H groups in total. The summed E-state index contributed by atoms with van der Waals surface area (Å²) in [7, 11) is 2.99. The van der Waals surface area contributed by atoms with Gasteiger partial charge < -0.3 is 14.8 Å². The minimum Gasteiger partial charge on any atom is -0.497 e. The lowest BCUT2D eigenvalue weighted by atomic mass is 10.1. The monoisotopic (exact) mass is 308 g/mol. The van der Waals surface area contributed by atoms with E-state index in [1.165, 1.54) is 7.11 Å². The lowest BCUT2D eigenvalue weighted by Gasteiger charge is -2.13. The first-order valence-corrected chi connectivity index (χ1v) is 7.10. The van der Waals surface area contributed by atoms with Crippen molar-refractivity contribution in [2.24, 2.45) is 0 Å². The predicted molar refractivity (Wildman–Crippen MR) is 89.4 cm³/mol. The summed E-state index contributed by atoms with van der Waals surface area (Å²) in [4.78, 5) is 16.2. The molecule has 0 bridgehead atoms. The maximum absolute atomic E-state index is 11.9. The first-order chi connectivity index (χ1) is 11.2. The van der Waals surface area contributed by atoms with Gasteiger partial charge in [0, 0.05) is 17.3 Å². The Morgan fingerprint density at radius 3 is 2.65 bits per heavy atom. The maximum Gasteiger partial charge on any atom is 0.339 e. The fourth-order valence-electron chi connectivity index (χ4n) is 2.39. The molecule has 5 nitrogen and oxygen atoms in total. The van der Waals surface area contributed by atoms with Gasteiger partial charge in [0.15, 0.2) is 0 Å². The molecule has 1 heterocycles. The number of carbonyl (C=O) groups excluding carboxylic acids is 1. The van der Waals surface area contributed by atoms with E-state index in [1.807, 2.05) is 36.4 Å². The van der Waals surface area contributed by atoms with Crippen LogP contribution in [0.2, 0.25) is 0 Å². The van der Waals surface area contributed by atoms with Crippen LogP contribution in [-0.4, -0.2) is 25.2 Å². The zero-order valence-corrected chi connectivity index (χ0v) is 12.9. The van der Waals surface area contributed by atoms with E-state index in [0.29, 0.717) is 11.3 Å². The number of methoxy groups -OCH3 is 2. The third-order valence-corrected chi connectivity index (χ3v) is 3.55. The van der Waals surface area contributed by atoms with Crippen LogP contribution in [0.25, 0.3) is 10.9 Å². The summed E-state index contributed by atoms with van der Waals surface area (Å²) >= 11 is 0. The lowest BCUT2D eigenvalue weighted by molar-refractivity contribution is 0.0602. The second kappa shape index (κ2) is 6.36. The van der Waals surface area contributed by atoms with Gasteiger partial charge in [0.05, 0.1) is 31.0 Å². The molecule has 0 aliphatic carbocycles. The Morgan fingerprint density at radius 2 is 1.87 bits per heavy atom. The Labute approximate surface area is 133 Å². The van der Waals surface area contributed by atoms with Crippen molar-refractivity contribution >= 4 is 28.2 Å². The number of carbonyl (C=O) groups is 1. The van der Waals surface area contributed by atoms with Gasteiger partial charge in [0.1, 0.15) is 5.75 Å². The fourth-order valence-corrected chi connectivity index (χ4v) is 2.39. The van der Waals surface area contributed by atoms with E-state index < -0.39 is 0 Å². The summed E-state index contributed by atoms with van der Waals surface area (Å²) in [6.07, 6.45) is 1.72. The van der Waals surface area contributed by atoms with E-state index in [9.17, 15) is 4.79 Å². The average Bonchev–Trinajstić information content (AvgIpc) is 2.61. The van der Waals surface area contributed by atoms with Crippen molar-refractivity contribution in [3.8, 4) is 5.75 Å². The first-order valence-electron chi connectivity index (χ1n) is 7.10. The zero-order chi connectivity index (χ0) is 16.2. The number of esters is 1. The van der Waals surface area contributed by atoms with Crippen molar-refractivity contribution in [3.63, 3.8) is 0 Å². The molecule has 0 aliphatic rings. The van der Waals surface area contributed by atoms with Gasteiger partial charge in [-0.05, 0) is 36.4 Å². The molecule has 2 aromatic carbocycles. The van der Waals surface area contributed by atoms with Crippen LogP contribution in [0.4, 0.5) is 11.4 Å². The Bertz CT molecular complexity index is 862. The minimum atomic E-state index is -0.385. The van der Waals surface area contributed by atoms with E-state index >= 15 is 0 Å². The summed E-state index contributed by atoms with van der Waals surface area (Å²) in [5.74, 6) is 0.360. The van der Waals surface area contributed by atoms with Gasteiger partial charge in [-0.25, -0.2) is 4.79 Å². The predicted octanol–water partition coefficient (Wildman–Crippen LogP) is 3.77. The number of nitrogens with one attached hydrogen (secondary N) is 1. The van der Waals surface area contributed by atoms with Crippen molar-refractivity contribution in [2.75, 3.05) is 19.5 Å². The van der Waals surface area contributed by atoms with Gasteiger partial charge in [-0.2, -0.15) is 0 Å². The summed E-state index contributed by atoms with van der Waals surface area (Å²) in [5.41, 5.74) is 2.83. The summed E-state index contributed by atoms with van der Waals surface area (Å²) < 4.78 is 10.1. The Morgan fingerprint density at radius 1 is 1.04 bits per heavy atom. The standard InChI is InChI=1S/C18H16N2O3/c1-22-12-7-8-15-14(11-12)17(9-10-19-15)20-16-6-4-3-5-13(16)18(21)23-2/h3-11H,1-2H3,(H,19,20). The van der Waals surface area contributed by atoms with E-state index in [0.717, 1.165) is 22.3 Å². The van der Waals surface area contributed by atoms with Crippen LogP contribution < -0.4 is 10.1 Å². The van der Waals surface area contributed by atoms with E-state index in [2.05, 4.69) is 10.3 Å². The van der Waals surface area contributed by atoms with E-state index in [4.69, 9.17) is 9.47 Å². The number of nitrogens with zero attached hydrogens (tertiary/aromatic N) is 1. The number of anilines is 2. The molecule has 0 radical (unpaired) electrons. The molecule has 5 heteroatoms. The van der Waals surface area contributed by atoms with Crippen molar-refractivity contribution in [1.82, 2.24) is 4.98 Å². The molecule has 0 amide bonds. The van der Waals surface area contributed by atoms with Crippen LogP contribution in [0.1, 0.15) is 10.4 Å². The topological polar surface area (TPSA) is 60.5 Å². The number of aromatic nitrogens is 1. The number of para-hydroxylation sites is 1. The highest BCUT2D eigenvalue weighted by molar-refractivity contribution is 5.99. The van der Waals surface area contributed by atoms with Crippen molar-refractivity contribution in [3.05, 3.63) is 60.3 Å². The summed E-state index contributed by atoms with van der Waals surface area (Å²) in [6, 6.07) is 14.7. The lowest BCUT2D eigenvalue weighted by Crippen LogP contribution is -2.05. The van der Waals surface area contributed by atoms with Crippen molar-refractivity contribution in [1.29, 1.82) is 0 Å². The third kappa shape index (κ3) is 2.94. The molecular weight excluding hydrogens is 292 g/mol. The van der Waals surface area contributed by atoms with Crippen LogP contribution in [0, 0.1) is 0 Å². The largest absolute Gasteiger partial charge is 0.497 e. The number of benzene rings is 2. The van der Waals surface area contributed by atoms with Crippen molar-refractivity contribution in [2.45, 2.75) is 0 Å².